The average Bonchev–Trinajstić information content (AvgIpc) is 3.06. The van der Waals surface area contributed by atoms with Crippen LogP contribution in [0.3, 0.4) is 0 Å². The summed E-state index contributed by atoms with van der Waals surface area (Å²) in [7, 11) is 1.64. The maximum Gasteiger partial charge on any atom is 0.356 e. The molecule has 4 rings (SSSR count). The van der Waals surface area contributed by atoms with Crippen molar-refractivity contribution in [3.05, 3.63) is 74.7 Å². The van der Waals surface area contributed by atoms with Gasteiger partial charge in [0, 0.05) is 25.2 Å². The minimum absolute atomic E-state index is 0.0214. The molecule has 34 heavy (non-hydrogen) atoms. The molecule has 3 aromatic rings. The number of benzene rings is 1. The van der Waals surface area contributed by atoms with E-state index in [0.29, 0.717) is 24.4 Å². The number of hydrogen-bond acceptors (Lipinski definition) is 6. The first kappa shape index (κ1) is 23.8. The Morgan fingerprint density at radius 1 is 1.29 bits per heavy atom. The molecule has 1 saturated heterocycles. The summed E-state index contributed by atoms with van der Waals surface area (Å²) in [5.74, 6) is 0.307. The van der Waals surface area contributed by atoms with E-state index in [0.717, 1.165) is 14.6 Å². The maximum absolute atomic E-state index is 15.1. The predicted molar refractivity (Wildman–Crippen MR) is 122 cm³/mol. The topological polar surface area (TPSA) is 86.7 Å². The number of nitrogens with zero attached hydrogens (tertiary/aromatic N) is 6. The van der Waals surface area contributed by atoms with Gasteiger partial charge < -0.3 is 9.64 Å². The van der Waals surface area contributed by atoms with Crippen LogP contribution in [0.1, 0.15) is 31.2 Å². The standard InChI is InChI=1S/C23H28F2N6O3/c1-14-8-20(34-13-17-6-5-7-18(24)10-17)9-15(2)29(14)11-19(25)12-30-22(32)26-21-28(4)16(3)27-31(21)23(30)33/h5-7,10,15,19-20H,1,8-9,11-13H2,2-4H3/t15?,19-,20?/m1/s1. The second-order valence-corrected chi connectivity index (χ2v) is 8.77. The number of alkyl halides is 1. The van der Waals surface area contributed by atoms with Gasteiger partial charge in [-0.15, -0.1) is 9.61 Å². The molecule has 3 heterocycles. The lowest BCUT2D eigenvalue weighted by Crippen LogP contribution is -2.47. The normalized spacial score (nSPS) is 19.7. The number of halogens is 2. The molecule has 9 nitrogen and oxygen atoms in total. The third-order valence-electron chi connectivity index (χ3n) is 6.21. The Balaban J connectivity index is 1.39. The van der Waals surface area contributed by atoms with Crippen LogP contribution in [0.4, 0.5) is 8.78 Å². The molecule has 1 fully saturated rings. The SMILES string of the molecule is C=C1CC(OCc2cccc(F)c2)CC(C)N1C[C@@H](F)Cn1c(=O)nc2n(C)c(C)nn2c1=O. The monoisotopic (exact) mass is 474 g/mol. The first-order valence-corrected chi connectivity index (χ1v) is 11.1. The zero-order valence-electron chi connectivity index (χ0n) is 19.4. The molecule has 182 valence electrons. The summed E-state index contributed by atoms with van der Waals surface area (Å²) in [4.78, 5) is 30.8. The van der Waals surface area contributed by atoms with Gasteiger partial charge in [0.1, 0.15) is 17.8 Å². The molecule has 0 saturated carbocycles. The van der Waals surface area contributed by atoms with E-state index in [2.05, 4.69) is 16.7 Å². The van der Waals surface area contributed by atoms with Gasteiger partial charge in [-0.05, 0) is 38.0 Å². The van der Waals surface area contributed by atoms with E-state index in [1.54, 1.807) is 26.1 Å². The van der Waals surface area contributed by atoms with Gasteiger partial charge in [0.2, 0.25) is 5.78 Å². The van der Waals surface area contributed by atoms with Crippen LogP contribution in [0, 0.1) is 12.7 Å². The summed E-state index contributed by atoms with van der Waals surface area (Å²) in [5.41, 5.74) is -0.0803. The molecule has 0 amide bonds. The number of fused-ring (bicyclic) bond motifs is 1. The molecule has 1 aliphatic heterocycles. The largest absolute Gasteiger partial charge is 0.373 e. The van der Waals surface area contributed by atoms with Gasteiger partial charge in [-0.1, -0.05) is 18.7 Å². The summed E-state index contributed by atoms with van der Waals surface area (Å²) >= 11 is 0. The lowest BCUT2D eigenvalue weighted by Gasteiger charge is -2.41. The summed E-state index contributed by atoms with van der Waals surface area (Å²) < 4.78 is 37.7. The fourth-order valence-electron chi connectivity index (χ4n) is 4.32. The Bertz CT molecular complexity index is 1330. The fourth-order valence-corrected chi connectivity index (χ4v) is 4.32. The van der Waals surface area contributed by atoms with Crippen LogP contribution in [0.5, 0.6) is 0 Å². The summed E-state index contributed by atoms with van der Waals surface area (Å²) in [6, 6.07) is 6.19. The number of piperidine rings is 1. The Kier molecular flexibility index (Phi) is 6.65. The van der Waals surface area contributed by atoms with Gasteiger partial charge in [-0.3, -0.25) is 4.57 Å². The van der Waals surface area contributed by atoms with Crippen molar-refractivity contribution in [3.63, 3.8) is 0 Å². The highest BCUT2D eigenvalue weighted by molar-refractivity contribution is 5.26. The molecule has 0 N–H and O–H groups in total. The van der Waals surface area contributed by atoms with E-state index >= 15 is 4.39 Å². The Labute approximate surface area is 194 Å². The molecule has 3 atom stereocenters. The third kappa shape index (κ3) is 4.79. The molecule has 2 aromatic heterocycles. The smallest absolute Gasteiger partial charge is 0.356 e. The second-order valence-electron chi connectivity index (χ2n) is 8.77. The van der Waals surface area contributed by atoms with Crippen molar-refractivity contribution in [1.82, 2.24) is 28.6 Å². The van der Waals surface area contributed by atoms with Gasteiger partial charge >= 0.3 is 11.4 Å². The Morgan fingerprint density at radius 2 is 2.06 bits per heavy atom. The zero-order valence-corrected chi connectivity index (χ0v) is 19.4. The molecule has 0 radical (unpaired) electrons. The van der Waals surface area contributed by atoms with E-state index < -0.39 is 24.1 Å². The van der Waals surface area contributed by atoms with Crippen LogP contribution in [0.15, 0.2) is 46.1 Å². The molecule has 0 aliphatic carbocycles. The second kappa shape index (κ2) is 9.49. The maximum atomic E-state index is 15.1. The number of rotatable bonds is 7. The Hall–Kier alpha value is -3.34. The number of hydrogen-bond donors (Lipinski definition) is 0. The predicted octanol–water partition coefficient (Wildman–Crippen LogP) is 1.96. The van der Waals surface area contributed by atoms with Gasteiger partial charge in [0.25, 0.3) is 0 Å². The van der Waals surface area contributed by atoms with E-state index in [1.807, 2.05) is 11.8 Å². The lowest BCUT2D eigenvalue weighted by molar-refractivity contribution is -0.00759. The minimum atomic E-state index is -1.50. The minimum Gasteiger partial charge on any atom is -0.373 e. The van der Waals surface area contributed by atoms with E-state index in [-0.39, 0.29) is 36.9 Å². The van der Waals surface area contributed by atoms with E-state index in [1.165, 1.54) is 16.7 Å². The lowest BCUT2D eigenvalue weighted by atomic mass is 9.97. The highest BCUT2D eigenvalue weighted by atomic mass is 19.1. The fraction of sp³-hybridized carbons (Fsp3) is 0.478. The zero-order chi connectivity index (χ0) is 24.6. The molecular formula is C23H28F2N6O3. The van der Waals surface area contributed by atoms with Crippen LogP contribution in [-0.2, 0) is 24.9 Å². The average molecular weight is 475 g/mol. The number of likely N-dealkylation sites (tertiary alicyclic amines) is 1. The first-order valence-electron chi connectivity index (χ1n) is 11.1. The van der Waals surface area contributed by atoms with Crippen LogP contribution in [0.2, 0.25) is 0 Å². The number of aryl methyl sites for hydroxylation is 2. The van der Waals surface area contributed by atoms with Gasteiger partial charge in [0.15, 0.2) is 0 Å². The first-order chi connectivity index (χ1) is 16.1. The van der Waals surface area contributed by atoms with E-state index in [4.69, 9.17) is 4.74 Å². The third-order valence-corrected chi connectivity index (χ3v) is 6.21. The molecule has 11 heteroatoms. The highest BCUT2D eigenvalue weighted by Crippen LogP contribution is 2.28. The summed E-state index contributed by atoms with van der Waals surface area (Å²) in [6.45, 7) is 7.53. The Morgan fingerprint density at radius 3 is 2.76 bits per heavy atom. The van der Waals surface area contributed by atoms with Crippen LogP contribution < -0.4 is 11.4 Å². The van der Waals surface area contributed by atoms with Crippen molar-refractivity contribution in [2.45, 2.75) is 58.2 Å². The molecule has 0 spiro atoms. The van der Waals surface area contributed by atoms with Gasteiger partial charge in [0.05, 0.1) is 25.8 Å². The number of aromatic nitrogens is 5. The van der Waals surface area contributed by atoms with Gasteiger partial charge in [-0.25, -0.2) is 22.9 Å². The molecule has 1 aromatic carbocycles. The molecule has 0 bridgehead atoms. The van der Waals surface area contributed by atoms with Crippen molar-refractivity contribution in [3.8, 4) is 0 Å². The molecular weight excluding hydrogens is 446 g/mol. The summed E-state index contributed by atoms with van der Waals surface area (Å²) in [5, 5.41) is 4.08. The van der Waals surface area contributed by atoms with Crippen LogP contribution >= 0.6 is 0 Å². The van der Waals surface area contributed by atoms with Crippen molar-refractivity contribution in [2.24, 2.45) is 7.05 Å². The number of ether oxygens (including phenoxy) is 1. The van der Waals surface area contributed by atoms with Crippen LogP contribution in [-0.4, -0.2) is 53.5 Å². The molecule has 2 unspecified atom stereocenters. The quantitative estimate of drug-likeness (QED) is 0.520. The van der Waals surface area contributed by atoms with Gasteiger partial charge in [-0.2, -0.15) is 4.98 Å². The van der Waals surface area contributed by atoms with Crippen molar-refractivity contribution < 1.29 is 13.5 Å². The summed E-state index contributed by atoms with van der Waals surface area (Å²) in [6.07, 6.45) is -0.467. The van der Waals surface area contributed by atoms with E-state index in [9.17, 15) is 14.0 Å². The van der Waals surface area contributed by atoms with Crippen molar-refractivity contribution in [1.29, 1.82) is 0 Å². The molecule has 1 aliphatic rings. The highest BCUT2D eigenvalue weighted by Gasteiger charge is 2.30. The van der Waals surface area contributed by atoms with Crippen molar-refractivity contribution in [2.75, 3.05) is 6.54 Å². The van der Waals surface area contributed by atoms with Crippen LogP contribution in [0.25, 0.3) is 5.78 Å². The van der Waals surface area contributed by atoms with Crippen molar-refractivity contribution >= 4 is 5.78 Å².